The van der Waals surface area contributed by atoms with E-state index in [4.69, 9.17) is 4.74 Å². The molecule has 2 N–H and O–H groups in total. The number of nitrogens with one attached hydrogen (secondary N) is 2. The van der Waals surface area contributed by atoms with Crippen LogP contribution in [0.4, 0.5) is 11.5 Å². The number of H-pyrrole nitrogens is 1. The standard InChI is InChI=1S/C19H18N4O3/c1-26-14-8-6-13(7-9-14)20-19(25)12-10-17(24)23(11-12)18-15-4-2-3-5-16(15)21-22-18/h2-9,12H,10-11H2,1H3,(H,20,25)(H,21,22)/t12-/m1/s1. The van der Waals surface area contributed by atoms with Crippen molar-refractivity contribution >= 4 is 34.2 Å². The van der Waals surface area contributed by atoms with Gasteiger partial charge in [0.25, 0.3) is 0 Å². The van der Waals surface area contributed by atoms with Gasteiger partial charge in [0.15, 0.2) is 5.82 Å². The second kappa shape index (κ2) is 6.51. The normalized spacial score (nSPS) is 16.9. The Labute approximate surface area is 149 Å². The van der Waals surface area contributed by atoms with Crippen LogP contribution in [0, 0.1) is 5.92 Å². The van der Waals surface area contributed by atoms with E-state index in [1.807, 2.05) is 24.3 Å². The zero-order valence-electron chi connectivity index (χ0n) is 14.2. The van der Waals surface area contributed by atoms with E-state index in [9.17, 15) is 9.59 Å². The maximum absolute atomic E-state index is 12.5. The highest BCUT2D eigenvalue weighted by atomic mass is 16.5. The van der Waals surface area contributed by atoms with Crippen LogP contribution < -0.4 is 15.0 Å². The number of anilines is 2. The minimum atomic E-state index is -0.417. The Morgan fingerprint density at radius 2 is 2.00 bits per heavy atom. The van der Waals surface area contributed by atoms with Crippen molar-refractivity contribution in [3.8, 4) is 5.75 Å². The third kappa shape index (κ3) is 2.88. The molecule has 0 spiro atoms. The molecule has 7 nitrogen and oxygen atoms in total. The molecule has 1 aromatic heterocycles. The highest BCUT2D eigenvalue weighted by molar-refractivity contribution is 6.06. The topological polar surface area (TPSA) is 87.3 Å². The van der Waals surface area contributed by atoms with Gasteiger partial charge in [-0.3, -0.25) is 19.6 Å². The van der Waals surface area contributed by atoms with Crippen LogP contribution in [0.5, 0.6) is 5.75 Å². The third-order valence-electron chi connectivity index (χ3n) is 4.56. The summed E-state index contributed by atoms with van der Waals surface area (Å²) in [5, 5.41) is 10.9. The van der Waals surface area contributed by atoms with E-state index < -0.39 is 5.92 Å². The second-order valence-electron chi connectivity index (χ2n) is 6.22. The van der Waals surface area contributed by atoms with Crippen molar-refractivity contribution < 1.29 is 14.3 Å². The van der Waals surface area contributed by atoms with Gasteiger partial charge in [-0.25, -0.2) is 0 Å². The van der Waals surface area contributed by atoms with Crippen LogP contribution >= 0.6 is 0 Å². The highest BCUT2D eigenvalue weighted by Gasteiger charge is 2.36. The summed E-state index contributed by atoms with van der Waals surface area (Å²) >= 11 is 0. The summed E-state index contributed by atoms with van der Waals surface area (Å²) in [6.07, 6.45) is 0.170. The average molecular weight is 350 g/mol. The van der Waals surface area contributed by atoms with Gasteiger partial charge in [0.05, 0.1) is 18.5 Å². The van der Waals surface area contributed by atoms with E-state index in [0.717, 1.165) is 16.7 Å². The monoisotopic (exact) mass is 350 g/mol. The van der Waals surface area contributed by atoms with Crippen molar-refractivity contribution in [2.45, 2.75) is 6.42 Å². The van der Waals surface area contributed by atoms with Gasteiger partial charge >= 0.3 is 0 Å². The fourth-order valence-electron chi connectivity index (χ4n) is 3.16. The molecule has 2 amide bonds. The lowest BCUT2D eigenvalue weighted by Gasteiger charge is -2.14. The zero-order valence-corrected chi connectivity index (χ0v) is 14.2. The number of methoxy groups -OCH3 is 1. The molecule has 0 unspecified atom stereocenters. The molecule has 1 aliphatic heterocycles. The van der Waals surface area contributed by atoms with Crippen LogP contribution in [0.1, 0.15) is 6.42 Å². The van der Waals surface area contributed by atoms with Gasteiger partial charge in [-0.2, -0.15) is 5.10 Å². The number of aromatic nitrogens is 2. The van der Waals surface area contributed by atoms with E-state index in [1.54, 1.807) is 36.3 Å². The molecule has 1 saturated heterocycles. The highest BCUT2D eigenvalue weighted by Crippen LogP contribution is 2.30. The molecule has 0 radical (unpaired) electrons. The van der Waals surface area contributed by atoms with E-state index in [1.165, 1.54) is 0 Å². The molecule has 2 aromatic carbocycles. The van der Waals surface area contributed by atoms with Gasteiger partial charge in [0, 0.05) is 24.0 Å². The van der Waals surface area contributed by atoms with E-state index in [2.05, 4.69) is 15.5 Å². The molecule has 7 heteroatoms. The molecule has 3 aromatic rings. The van der Waals surface area contributed by atoms with Crippen LogP contribution in [0.15, 0.2) is 48.5 Å². The van der Waals surface area contributed by atoms with Crippen molar-refractivity contribution in [3.05, 3.63) is 48.5 Å². The number of aromatic amines is 1. The summed E-state index contributed by atoms with van der Waals surface area (Å²) in [5.74, 6) is 0.601. The van der Waals surface area contributed by atoms with Crippen molar-refractivity contribution in [2.24, 2.45) is 5.92 Å². The van der Waals surface area contributed by atoms with Gasteiger partial charge in [-0.1, -0.05) is 12.1 Å². The van der Waals surface area contributed by atoms with Crippen LogP contribution in [-0.2, 0) is 9.59 Å². The molecule has 0 saturated carbocycles. The molecule has 26 heavy (non-hydrogen) atoms. The number of amides is 2. The van der Waals surface area contributed by atoms with E-state index in [0.29, 0.717) is 18.1 Å². The molecule has 0 aliphatic carbocycles. The number of hydrogen-bond acceptors (Lipinski definition) is 4. The van der Waals surface area contributed by atoms with E-state index in [-0.39, 0.29) is 18.2 Å². The average Bonchev–Trinajstić information content (AvgIpc) is 3.25. The first-order valence-electron chi connectivity index (χ1n) is 8.34. The number of benzene rings is 2. The minimum Gasteiger partial charge on any atom is -0.497 e. The largest absolute Gasteiger partial charge is 0.497 e. The molecule has 2 heterocycles. The molecule has 1 fully saturated rings. The van der Waals surface area contributed by atoms with Crippen LogP contribution in [-0.4, -0.2) is 35.7 Å². The molecule has 1 aliphatic rings. The molecular weight excluding hydrogens is 332 g/mol. The van der Waals surface area contributed by atoms with Crippen LogP contribution in [0.3, 0.4) is 0 Å². The number of nitrogens with zero attached hydrogens (tertiary/aromatic N) is 2. The number of rotatable bonds is 4. The zero-order chi connectivity index (χ0) is 18.1. The third-order valence-corrected chi connectivity index (χ3v) is 4.56. The summed E-state index contributed by atoms with van der Waals surface area (Å²) in [4.78, 5) is 26.6. The lowest BCUT2D eigenvalue weighted by molar-refractivity contribution is -0.122. The summed E-state index contributed by atoms with van der Waals surface area (Å²) < 4.78 is 5.10. The molecule has 4 rings (SSSR count). The number of ether oxygens (including phenoxy) is 1. The first-order chi connectivity index (χ1) is 12.7. The Balaban J connectivity index is 1.49. The Bertz CT molecular complexity index is 964. The summed E-state index contributed by atoms with van der Waals surface area (Å²) in [6.45, 7) is 0.315. The number of carbonyl (C=O) groups excluding carboxylic acids is 2. The summed E-state index contributed by atoms with van der Waals surface area (Å²) in [7, 11) is 1.59. The Hall–Kier alpha value is -3.35. The number of hydrogen-bond donors (Lipinski definition) is 2. The smallest absolute Gasteiger partial charge is 0.229 e. The summed E-state index contributed by atoms with van der Waals surface area (Å²) in [5.41, 5.74) is 1.54. The maximum atomic E-state index is 12.5. The maximum Gasteiger partial charge on any atom is 0.229 e. The number of fused-ring (bicyclic) bond motifs is 1. The van der Waals surface area contributed by atoms with Gasteiger partial charge in [0.1, 0.15) is 5.75 Å². The lowest BCUT2D eigenvalue weighted by Crippen LogP contribution is -2.28. The van der Waals surface area contributed by atoms with E-state index >= 15 is 0 Å². The number of para-hydroxylation sites is 1. The predicted molar refractivity (Wildman–Crippen MR) is 98.2 cm³/mol. The second-order valence-corrected chi connectivity index (χ2v) is 6.22. The van der Waals surface area contributed by atoms with Gasteiger partial charge in [-0.15, -0.1) is 0 Å². The van der Waals surface area contributed by atoms with Crippen molar-refractivity contribution in [2.75, 3.05) is 23.9 Å². The Morgan fingerprint density at radius 3 is 2.77 bits per heavy atom. The van der Waals surface area contributed by atoms with Crippen molar-refractivity contribution in [1.29, 1.82) is 0 Å². The molecule has 1 atom stereocenters. The molecule has 0 bridgehead atoms. The Morgan fingerprint density at radius 1 is 1.23 bits per heavy atom. The molecule has 132 valence electrons. The predicted octanol–water partition coefficient (Wildman–Crippen LogP) is 2.56. The minimum absolute atomic E-state index is 0.0999. The summed E-state index contributed by atoms with van der Waals surface area (Å²) in [6, 6.07) is 14.7. The Kier molecular flexibility index (Phi) is 4.04. The fourth-order valence-corrected chi connectivity index (χ4v) is 3.16. The van der Waals surface area contributed by atoms with Crippen LogP contribution in [0.2, 0.25) is 0 Å². The first-order valence-corrected chi connectivity index (χ1v) is 8.34. The first kappa shape index (κ1) is 16.1. The molecular formula is C19H18N4O3. The van der Waals surface area contributed by atoms with Crippen LogP contribution in [0.25, 0.3) is 10.9 Å². The van der Waals surface area contributed by atoms with Gasteiger partial charge in [-0.05, 0) is 36.4 Å². The quantitative estimate of drug-likeness (QED) is 0.757. The SMILES string of the molecule is COc1ccc(NC(=O)[C@@H]2CC(=O)N(c3n[nH]c4ccccc34)C2)cc1. The number of carbonyl (C=O) groups is 2. The van der Waals surface area contributed by atoms with Crippen molar-refractivity contribution in [1.82, 2.24) is 10.2 Å². The fraction of sp³-hybridized carbons (Fsp3) is 0.211. The lowest BCUT2D eigenvalue weighted by atomic mass is 10.1. The van der Waals surface area contributed by atoms with Gasteiger partial charge < -0.3 is 10.1 Å². The van der Waals surface area contributed by atoms with Gasteiger partial charge in [0.2, 0.25) is 11.8 Å². The van der Waals surface area contributed by atoms with Crippen molar-refractivity contribution in [3.63, 3.8) is 0 Å².